The summed E-state index contributed by atoms with van der Waals surface area (Å²) in [5.41, 5.74) is 4.65. The van der Waals surface area contributed by atoms with Crippen LogP contribution < -0.4 is 24.8 Å². The van der Waals surface area contributed by atoms with Gasteiger partial charge in [0.25, 0.3) is 5.91 Å². The van der Waals surface area contributed by atoms with Gasteiger partial charge < -0.3 is 29.8 Å². The van der Waals surface area contributed by atoms with Crippen LogP contribution in [0.4, 0.5) is 15.8 Å². The van der Waals surface area contributed by atoms with E-state index in [1.165, 1.54) is 13.2 Å². The summed E-state index contributed by atoms with van der Waals surface area (Å²) in [5, 5.41) is 6.36. The third-order valence-electron chi connectivity index (χ3n) is 7.19. The first kappa shape index (κ1) is 24.8. The van der Waals surface area contributed by atoms with Crippen LogP contribution in [0.1, 0.15) is 46.8 Å². The molecule has 0 spiro atoms. The number of hydrogen-bond acceptors (Lipinski definition) is 6. The zero-order chi connectivity index (χ0) is 26.8. The Morgan fingerprint density at radius 1 is 1.10 bits per heavy atom. The summed E-state index contributed by atoms with van der Waals surface area (Å²) >= 11 is 0. The van der Waals surface area contributed by atoms with Crippen molar-refractivity contribution in [3.05, 3.63) is 83.6 Å². The molecule has 0 aliphatic carbocycles. The summed E-state index contributed by atoms with van der Waals surface area (Å²) in [7, 11) is 1.42. The number of aromatic nitrogens is 2. The Morgan fingerprint density at radius 3 is 2.82 bits per heavy atom. The van der Waals surface area contributed by atoms with E-state index in [4.69, 9.17) is 14.2 Å². The lowest BCUT2D eigenvalue weighted by molar-refractivity contribution is 0.0939. The van der Waals surface area contributed by atoms with Gasteiger partial charge in [-0.1, -0.05) is 18.2 Å². The number of carbonyl (C=O) groups is 1. The van der Waals surface area contributed by atoms with Gasteiger partial charge in [0.15, 0.2) is 11.6 Å². The number of methoxy groups -OCH3 is 1. The molecule has 2 aromatic heterocycles. The number of carbonyl (C=O) groups excluding carboxylic acids is 1. The van der Waals surface area contributed by atoms with Crippen LogP contribution in [0.3, 0.4) is 0 Å². The molecule has 5 heterocycles. The Morgan fingerprint density at radius 2 is 1.97 bits per heavy atom. The van der Waals surface area contributed by atoms with E-state index in [9.17, 15) is 9.18 Å². The number of amides is 1. The zero-order valence-corrected chi connectivity index (χ0v) is 21.6. The van der Waals surface area contributed by atoms with Crippen LogP contribution in [0, 0.1) is 5.82 Å². The van der Waals surface area contributed by atoms with Crippen molar-refractivity contribution in [1.82, 2.24) is 15.3 Å². The lowest BCUT2D eigenvalue weighted by atomic mass is 9.91. The van der Waals surface area contributed by atoms with Crippen molar-refractivity contribution >= 4 is 17.3 Å². The van der Waals surface area contributed by atoms with Crippen molar-refractivity contribution in [2.24, 2.45) is 0 Å². The lowest BCUT2D eigenvalue weighted by Gasteiger charge is -2.24. The molecule has 1 amide bonds. The standard InChI is InChI=1S/C30H29FN4O4/c1-37-29-22(31)6-4-7-23(29)34-28-25-26-19(15-33-30(25)36)5-2-3-14-38-20-10-8-18(9-11-20)17-39-24-16-32-13-12-21(24)27(28)35-26/h4,6-13,16,19,34-35H,2-3,5,14-15,17H2,1H3,(H,33,36). The highest BCUT2D eigenvalue weighted by molar-refractivity contribution is 6.07. The zero-order valence-electron chi connectivity index (χ0n) is 21.6. The summed E-state index contributed by atoms with van der Waals surface area (Å²) in [6, 6.07) is 14.4. The minimum Gasteiger partial charge on any atom is -0.494 e. The lowest BCUT2D eigenvalue weighted by Crippen LogP contribution is -2.35. The quantitative estimate of drug-likeness (QED) is 0.305. The van der Waals surface area contributed by atoms with Crippen LogP contribution in [0.15, 0.2) is 60.9 Å². The van der Waals surface area contributed by atoms with Gasteiger partial charge in [0.1, 0.15) is 18.1 Å². The molecule has 4 aromatic rings. The van der Waals surface area contributed by atoms with Crippen molar-refractivity contribution in [3.63, 3.8) is 0 Å². The maximum Gasteiger partial charge on any atom is 0.255 e. The number of benzene rings is 2. The number of hydrogen-bond donors (Lipinski definition) is 3. The van der Waals surface area contributed by atoms with E-state index < -0.39 is 5.82 Å². The number of pyridine rings is 1. The van der Waals surface area contributed by atoms with Crippen LogP contribution in [-0.4, -0.2) is 36.1 Å². The van der Waals surface area contributed by atoms with Crippen molar-refractivity contribution in [2.45, 2.75) is 31.8 Å². The molecule has 7 rings (SSSR count). The average molecular weight is 529 g/mol. The monoisotopic (exact) mass is 528 g/mol. The van der Waals surface area contributed by atoms with Crippen molar-refractivity contribution in [2.75, 3.05) is 25.6 Å². The fraction of sp³-hybridized carbons (Fsp3) is 0.267. The second-order valence-corrected chi connectivity index (χ2v) is 9.66. The summed E-state index contributed by atoms with van der Waals surface area (Å²) in [4.78, 5) is 21.2. The largest absolute Gasteiger partial charge is 0.494 e. The molecule has 39 heavy (non-hydrogen) atoms. The second-order valence-electron chi connectivity index (χ2n) is 9.66. The number of rotatable bonds is 3. The van der Waals surface area contributed by atoms with Gasteiger partial charge in [-0.2, -0.15) is 0 Å². The number of nitrogens with zero attached hydrogens (tertiary/aromatic N) is 1. The van der Waals surface area contributed by atoms with E-state index in [0.29, 0.717) is 48.1 Å². The number of halogens is 1. The van der Waals surface area contributed by atoms with Gasteiger partial charge in [-0.25, -0.2) is 4.39 Å². The van der Waals surface area contributed by atoms with Gasteiger partial charge in [0.2, 0.25) is 0 Å². The van der Waals surface area contributed by atoms with Gasteiger partial charge in [0, 0.05) is 29.9 Å². The molecule has 3 N–H and O–H groups in total. The molecule has 1 unspecified atom stereocenters. The van der Waals surface area contributed by atoms with E-state index in [-0.39, 0.29) is 17.6 Å². The first-order chi connectivity index (χ1) is 19.1. The van der Waals surface area contributed by atoms with E-state index in [1.54, 1.807) is 24.5 Å². The predicted molar refractivity (Wildman–Crippen MR) is 145 cm³/mol. The molecule has 2 aromatic carbocycles. The van der Waals surface area contributed by atoms with Crippen molar-refractivity contribution < 1.29 is 23.4 Å². The first-order valence-corrected chi connectivity index (χ1v) is 13.0. The minimum atomic E-state index is -0.501. The Balaban J connectivity index is 1.50. The maximum absolute atomic E-state index is 14.6. The molecule has 4 bridgehead atoms. The normalized spacial score (nSPS) is 16.8. The molecule has 1 atom stereocenters. The van der Waals surface area contributed by atoms with Crippen LogP contribution in [0.5, 0.6) is 17.2 Å². The molecule has 0 saturated carbocycles. The van der Waals surface area contributed by atoms with Crippen LogP contribution >= 0.6 is 0 Å². The summed E-state index contributed by atoms with van der Waals surface area (Å²) in [6.07, 6.45) is 6.01. The SMILES string of the molecule is COc1c(F)cccc1Nc1c2[nH]c3c1C(=O)NCC3CCCCOc1ccc(cc1)COc1cnccc1-2. The number of anilines is 2. The van der Waals surface area contributed by atoms with Gasteiger partial charge in [0.05, 0.1) is 42.5 Å². The van der Waals surface area contributed by atoms with Crippen molar-refractivity contribution in [3.8, 4) is 28.5 Å². The topological polar surface area (TPSA) is 97.5 Å². The fourth-order valence-electron chi connectivity index (χ4n) is 5.22. The van der Waals surface area contributed by atoms with E-state index in [0.717, 1.165) is 41.8 Å². The highest BCUT2D eigenvalue weighted by Gasteiger charge is 2.33. The molecule has 9 heteroatoms. The van der Waals surface area contributed by atoms with Crippen LogP contribution in [0.25, 0.3) is 11.3 Å². The average Bonchev–Trinajstić information content (AvgIpc) is 3.33. The summed E-state index contributed by atoms with van der Waals surface area (Å²) in [5.74, 6) is 0.813. The molecular weight excluding hydrogens is 499 g/mol. The minimum absolute atomic E-state index is 0.0651. The van der Waals surface area contributed by atoms with Crippen LogP contribution in [0.2, 0.25) is 0 Å². The number of nitrogens with one attached hydrogen (secondary N) is 3. The Bertz CT molecular complexity index is 1500. The highest BCUT2D eigenvalue weighted by atomic mass is 19.1. The molecule has 0 saturated heterocycles. The van der Waals surface area contributed by atoms with Gasteiger partial charge in [-0.15, -0.1) is 0 Å². The van der Waals surface area contributed by atoms with Crippen LogP contribution in [-0.2, 0) is 6.61 Å². The Kier molecular flexibility index (Phi) is 6.79. The molecule has 3 aliphatic rings. The van der Waals surface area contributed by atoms with E-state index >= 15 is 0 Å². The molecule has 0 radical (unpaired) electrons. The van der Waals surface area contributed by atoms with Gasteiger partial charge >= 0.3 is 0 Å². The first-order valence-electron chi connectivity index (χ1n) is 13.0. The number of fused-ring (bicyclic) bond motifs is 7. The van der Waals surface area contributed by atoms with Gasteiger partial charge in [-0.3, -0.25) is 9.78 Å². The molecule has 8 nitrogen and oxygen atoms in total. The molecule has 3 aliphatic heterocycles. The number of H-pyrrole nitrogens is 1. The third kappa shape index (κ3) is 4.87. The van der Waals surface area contributed by atoms with Gasteiger partial charge in [-0.05, 0) is 55.2 Å². The van der Waals surface area contributed by atoms with Crippen molar-refractivity contribution in [1.29, 1.82) is 0 Å². The number of ether oxygens (including phenoxy) is 3. The molecular formula is C30H29FN4O4. The number of aromatic amines is 1. The molecule has 200 valence electrons. The Labute approximate surface area is 225 Å². The van der Waals surface area contributed by atoms with E-state index in [1.807, 2.05) is 30.3 Å². The van der Waals surface area contributed by atoms with E-state index in [2.05, 4.69) is 20.6 Å². The molecule has 0 fully saturated rings. The summed E-state index contributed by atoms with van der Waals surface area (Å²) < 4.78 is 32.1. The Hall–Kier alpha value is -4.53. The fourth-order valence-corrected chi connectivity index (χ4v) is 5.22. The highest BCUT2D eigenvalue weighted by Crippen LogP contribution is 2.44. The predicted octanol–water partition coefficient (Wildman–Crippen LogP) is 5.94. The smallest absolute Gasteiger partial charge is 0.255 e. The third-order valence-corrected chi connectivity index (χ3v) is 7.19. The number of para-hydroxylation sites is 1. The second kappa shape index (κ2) is 10.7. The summed E-state index contributed by atoms with van der Waals surface area (Å²) in [6.45, 7) is 1.46. The maximum atomic E-state index is 14.6.